The molecule has 2 heterocycles. The van der Waals surface area contributed by atoms with Crippen LogP contribution in [0, 0.1) is 0 Å². The van der Waals surface area contributed by atoms with Gasteiger partial charge in [-0.2, -0.15) is 0 Å². The van der Waals surface area contributed by atoms with Gasteiger partial charge in [0.2, 0.25) is 0 Å². The summed E-state index contributed by atoms with van der Waals surface area (Å²) in [7, 11) is 0. The Kier molecular flexibility index (Phi) is 4.84. The van der Waals surface area contributed by atoms with Crippen LogP contribution >= 0.6 is 11.3 Å². The van der Waals surface area contributed by atoms with Gasteiger partial charge in [-0.05, 0) is 0 Å². The summed E-state index contributed by atoms with van der Waals surface area (Å²) in [4.78, 5) is 15.8. The van der Waals surface area contributed by atoms with Crippen molar-refractivity contribution in [1.82, 2.24) is 4.98 Å². The predicted molar refractivity (Wildman–Crippen MR) is 69.6 cm³/mol. The number of ketones is 1. The number of aromatic nitrogens is 1. The van der Waals surface area contributed by atoms with Crippen molar-refractivity contribution in [3.05, 3.63) is 16.1 Å². The lowest BCUT2D eigenvalue weighted by atomic mass is 9.94. The van der Waals surface area contributed by atoms with E-state index < -0.39 is 37.1 Å². The number of hydrogen-bond donors (Lipinski definition) is 4. The summed E-state index contributed by atoms with van der Waals surface area (Å²) < 4.78 is 5.38. The zero-order chi connectivity index (χ0) is 14.9. The van der Waals surface area contributed by atoms with Crippen molar-refractivity contribution in [2.45, 2.75) is 43.9 Å². The Morgan fingerprint density at radius 1 is 1.30 bits per heavy atom. The zero-order valence-corrected chi connectivity index (χ0v) is 11.7. The third kappa shape index (κ3) is 3.05. The third-order valence-electron chi connectivity index (χ3n) is 3.27. The van der Waals surface area contributed by atoms with E-state index >= 15 is 0 Å². The first-order valence-corrected chi connectivity index (χ1v) is 7.01. The molecule has 20 heavy (non-hydrogen) atoms. The molecule has 7 nitrogen and oxygen atoms in total. The first-order chi connectivity index (χ1) is 9.43. The number of thiazole rings is 1. The first kappa shape index (κ1) is 15.5. The lowest BCUT2D eigenvalue weighted by Crippen LogP contribution is -2.58. The number of nitrogens with zero attached hydrogens (tertiary/aromatic N) is 1. The van der Waals surface area contributed by atoms with E-state index in [1.165, 1.54) is 24.5 Å². The molecule has 4 N–H and O–H groups in total. The topological polar surface area (TPSA) is 120 Å². The maximum absolute atomic E-state index is 11.2. The molecule has 0 amide bonds. The van der Waals surface area contributed by atoms with Gasteiger partial charge in [-0.15, -0.1) is 11.3 Å². The van der Waals surface area contributed by atoms with E-state index in [4.69, 9.17) is 9.84 Å². The average Bonchev–Trinajstić information content (AvgIpc) is 2.88. The van der Waals surface area contributed by atoms with Crippen molar-refractivity contribution in [1.29, 1.82) is 0 Å². The molecule has 1 saturated heterocycles. The minimum absolute atomic E-state index is 0.0949. The van der Waals surface area contributed by atoms with Crippen molar-refractivity contribution in [2.75, 3.05) is 6.61 Å². The number of aliphatic hydroxyl groups is 4. The summed E-state index contributed by atoms with van der Waals surface area (Å²) in [5.74, 6) is -0.0949. The van der Waals surface area contributed by atoms with Crippen molar-refractivity contribution in [3.63, 3.8) is 0 Å². The van der Waals surface area contributed by atoms with Crippen LogP contribution in [0.4, 0.5) is 0 Å². The molecular formula is C12H17NO6S. The number of hydrogen-bond acceptors (Lipinski definition) is 8. The van der Waals surface area contributed by atoms with E-state index in [0.29, 0.717) is 9.88 Å². The Balaban J connectivity index is 2.08. The summed E-state index contributed by atoms with van der Waals surface area (Å²) >= 11 is 1.19. The normalized spacial score (nSPS) is 34.1. The number of rotatable bonds is 4. The highest BCUT2D eigenvalue weighted by molar-refractivity contribution is 7.13. The molecule has 0 aliphatic carbocycles. The highest BCUT2D eigenvalue weighted by Crippen LogP contribution is 2.25. The minimum Gasteiger partial charge on any atom is -0.394 e. The molecule has 0 saturated carbocycles. The molecule has 1 aliphatic rings. The van der Waals surface area contributed by atoms with Gasteiger partial charge in [-0.3, -0.25) is 4.79 Å². The van der Waals surface area contributed by atoms with Crippen LogP contribution < -0.4 is 0 Å². The molecule has 0 radical (unpaired) electrons. The monoisotopic (exact) mass is 303 g/mol. The third-order valence-corrected chi connectivity index (χ3v) is 4.39. The molecule has 0 bridgehead atoms. The van der Waals surface area contributed by atoms with Gasteiger partial charge in [0.15, 0.2) is 5.78 Å². The molecule has 0 spiro atoms. The number of aliphatic hydroxyl groups excluding tert-OH is 4. The largest absolute Gasteiger partial charge is 0.394 e. The van der Waals surface area contributed by atoms with Crippen molar-refractivity contribution in [3.8, 4) is 0 Å². The fraction of sp³-hybridized carbons (Fsp3) is 0.667. The van der Waals surface area contributed by atoms with Gasteiger partial charge in [0.05, 0.1) is 22.6 Å². The van der Waals surface area contributed by atoms with Crippen molar-refractivity contribution >= 4 is 17.1 Å². The van der Waals surface area contributed by atoms with Gasteiger partial charge >= 0.3 is 0 Å². The minimum atomic E-state index is -1.39. The molecule has 112 valence electrons. The maximum Gasteiger partial charge on any atom is 0.171 e. The second-order valence-electron chi connectivity index (χ2n) is 4.75. The van der Waals surface area contributed by atoms with E-state index in [9.17, 15) is 20.1 Å². The summed E-state index contributed by atoms with van der Waals surface area (Å²) in [6.07, 6.45) is -4.11. The second-order valence-corrected chi connectivity index (χ2v) is 5.86. The zero-order valence-electron chi connectivity index (χ0n) is 10.8. The smallest absolute Gasteiger partial charge is 0.171 e. The van der Waals surface area contributed by atoms with Crippen LogP contribution in [-0.2, 0) is 11.2 Å². The molecule has 8 heteroatoms. The highest BCUT2D eigenvalue weighted by Gasteiger charge is 2.43. The van der Waals surface area contributed by atoms with Gasteiger partial charge in [-0.25, -0.2) is 4.98 Å². The molecular weight excluding hydrogens is 286 g/mol. The second kappa shape index (κ2) is 6.25. The standard InChI is InChI=1S/C12H17NO6S/c1-5(15)8-3-13-9(20-8)2-6-10(16)12(18)11(17)7(4-14)19-6/h3,6-7,10-12,14,16-18H,2,4H2,1H3/t6-,7-,10-,11-,12-/m1/s1. The number of ether oxygens (including phenoxy) is 1. The van der Waals surface area contributed by atoms with Crippen LogP contribution in [0.5, 0.6) is 0 Å². The van der Waals surface area contributed by atoms with Crippen molar-refractivity contribution in [2.24, 2.45) is 0 Å². The average molecular weight is 303 g/mol. The van der Waals surface area contributed by atoms with E-state index in [1.54, 1.807) is 0 Å². The molecule has 0 unspecified atom stereocenters. The van der Waals surface area contributed by atoms with Crippen LogP contribution in [0.1, 0.15) is 21.6 Å². The van der Waals surface area contributed by atoms with E-state index in [-0.39, 0.29) is 12.2 Å². The quantitative estimate of drug-likeness (QED) is 0.512. The molecule has 2 rings (SSSR count). The predicted octanol–water partition coefficient (Wildman–Crippen LogP) is -1.27. The molecule has 1 fully saturated rings. The highest BCUT2D eigenvalue weighted by atomic mass is 32.1. The molecule has 1 aromatic rings. The fourth-order valence-corrected chi connectivity index (χ4v) is 2.94. The summed E-state index contributed by atoms with van der Waals surface area (Å²) in [5, 5.41) is 38.9. The Morgan fingerprint density at radius 3 is 2.50 bits per heavy atom. The Hall–Kier alpha value is -0.900. The SMILES string of the molecule is CC(=O)c1cnc(C[C@H]2O[C@H](CO)[C@@H](O)[C@H](O)[C@@H]2O)s1. The van der Waals surface area contributed by atoms with Crippen LogP contribution in [0.25, 0.3) is 0 Å². The van der Waals surface area contributed by atoms with Gasteiger partial charge < -0.3 is 25.2 Å². The molecule has 0 aromatic carbocycles. The lowest BCUT2D eigenvalue weighted by molar-refractivity contribution is -0.228. The van der Waals surface area contributed by atoms with E-state index in [1.807, 2.05) is 0 Å². The van der Waals surface area contributed by atoms with Crippen molar-refractivity contribution < 1.29 is 30.0 Å². The summed E-state index contributed by atoms with van der Waals surface area (Å²) in [6.45, 7) is 0.975. The first-order valence-electron chi connectivity index (χ1n) is 6.20. The van der Waals surface area contributed by atoms with Crippen LogP contribution in [0.15, 0.2) is 6.20 Å². The van der Waals surface area contributed by atoms with Gasteiger partial charge in [-0.1, -0.05) is 0 Å². The Bertz CT molecular complexity index is 476. The number of carbonyl (C=O) groups excluding carboxylic acids is 1. The van der Waals surface area contributed by atoms with Gasteiger partial charge in [0, 0.05) is 19.5 Å². The van der Waals surface area contributed by atoms with Gasteiger partial charge in [0.25, 0.3) is 0 Å². The van der Waals surface area contributed by atoms with Crippen LogP contribution in [0.3, 0.4) is 0 Å². The van der Waals surface area contributed by atoms with E-state index in [2.05, 4.69) is 4.98 Å². The van der Waals surface area contributed by atoms with Crippen LogP contribution in [-0.4, -0.2) is 68.3 Å². The number of carbonyl (C=O) groups is 1. The summed E-state index contributed by atoms with van der Waals surface area (Å²) in [6, 6.07) is 0. The lowest BCUT2D eigenvalue weighted by Gasteiger charge is -2.39. The number of Topliss-reactive ketones (excluding diaryl/α,β-unsaturated/α-hetero) is 1. The molecule has 1 aliphatic heterocycles. The maximum atomic E-state index is 11.2. The van der Waals surface area contributed by atoms with Crippen LogP contribution in [0.2, 0.25) is 0 Å². The van der Waals surface area contributed by atoms with Gasteiger partial charge in [0.1, 0.15) is 24.4 Å². The Morgan fingerprint density at radius 2 is 1.95 bits per heavy atom. The fourth-order valence-electron chi connectivity index (χ4n) is 2.09. The Labute approximate surface area is 119 Å². The van der Waals surface area contributed by atoms with E-state index in [0.717, 1.165) is 0 Å². The molecule has 1 aromatic heterocycles. The molecule has 5 atom stereocenters. The summed E-state index contributed by atoms with van der Waals surface area (Å²) in [5.41, 5.74) is 0.